The van der Waals surface area contributed by atoms with E-state index in [0.29, 0.717) is 17.1 Å². The molecule has 2 aliphatic rings. The molecule has 3 atom stereocenters. The van der Waals surface area contributed by atoms with E-state index in [-0.39, 0.29) is 41.4 Å². The van der Waals surface area contributed by atoms with Gasteiger partial charge in [-0.25, -0.2) is 31.8 Å². The van der Waals surface area contributed by atoms with Crippen molar-refractivity contribution in [2.75, 3.05) is 25.1 Å². The molecule has 2 fully saturated rings. The maximum absolute atomic E-state index is 15.8. The van der Waals surface area contributed by atoms with Gasteiger partial charge in [0, 0.05) is 48.7 Å². The molecular weight excluding hydrogens is 637 g/mol. The Morgan fingerprint density at radius 2 is 1.91 bits per heavy atom. The Labute approximate surface area is 272 Å². The average Bonchev–Trinajstić information content (AvgIpc) is 3.76. The van der Waals surface area contributed by atoms with Crippen molar-refractivity contribution in [2.45, 2.75) is 68.2 Å². The third kappa shape index (κ3) is 6.62. The number of benzene rings is 2. The minimum absolute atomic E-state index is 0.0277. The van der Waals surface area contributed by atoms with Gasteiger partial charge in [-0.05, 0) is 62.8 Å². The van der Waals surface area contributed by atoms with Crippen LogP contribution in [-0.4, -0.2) is 55.1 Å². The van der Waals surface area contributed by atoms with E-state index in [0.717, 1.165) is 67.3 Å². The van der Waals surface area contributed by atoms with Crippen LogP contribution in [0.3, 0.4) is 0 Å². The van der Waals surface area contributed by atoms with Gasteiger partial charge in [0.2, 0.25) is 0 Å². The molecule has 0 spiro atoms. The number of nitrogens with zero attached hydrogens (tertiary/aromatic N) is 5. The second-order valence-corrected chi connectivity index (χ2v) is 13.4. The number of sulfonamides is 1. The van der Waals surface area contributed by atoms with Gasteiger partial charge in [0.05, 0.1) is 31.5 Å². The zero-order valence-corrected chi connectivity index (χ0v) is 27.1. The molecule has 4 aromatic rings. The highest BCUT2D eigenvalue weighted by molar-refractivity contribution is 7.92. The topological polar surface area (TPSA) is 118 Å². The zero-order chi connectivity index (χ0) is 32.3. The maximum atomic E-state index is 15.8. The molecule has 6 rings (SSSR count). The smallest absolute Gasteiger partial charge is 0.268 e. The lowest BCUT2D eigenvalue weighted by Gasteiger charge is -2.25. The van der Waals surface area contributed by atoms with Crippen LogP contribution in [0.25, 0.3) is 0 Å². The molecule has 0 amide bonds. The second-order valence-electron chi connectivity index (χ2n) is 11.2. The van der Waals surface area contributed by atoms with Crippen LogP contribution in [0.4, 0.5) is 10.2 Å². The van der Waals surface area contributed by atoms with Crippen molar-refractivity contribution in [1.29, 1.82) is 0 Å². The quantitative estimate of drug-likeness (QED) is 0.181. The van der Waals surface area contributed by atoms with Gasteiger partial charge in [-0.3, -0.25) is 0 Å². The summed E-state index contributed by atoms with van der Waals surface area (Å²) in [5, 5.41) is 4.76. The normalized spacial score (nSPS) is 20.0. The van der Waals surface area contributed by atoms with Crippen molar-refractivity contribution in [3.63, 3.8) is 0 Å². The minimum Gasteiger partial charge on any atom is -0.497 e. The molecule has 2 aromatic heterocycles. The Bertz CT molecular complexity index is 1770. The Balaban J connectivity index is 1.26. The molecule has 1 saturated carbocycles. The monoisotopic (exact) mass is 671 g/mol. The van der Waals surface area contributed by atoms with E-state index in [1.165, 1.54) is 32.8 Å². The van der Waals surface area contributed by atoms with E-state index in [1.807, 2.05) is 16.9 Å². The van der Waals surface area contributed by atoms with Crippen molar-refractivity contribution in [3.8, 4) is 17.2 Å². The molecular formula is C32H35ClFN5O6S. The van der Waals surface area contributed by atoms with Crippen LogP contribution in [-0.2, 0) is 21.3 Å². The number of methoxy groups -OCH3 is 2. The number of rotatable bonds is 11. The number of aromatic nitrogens is 4. The first-order chi connectivity index (χ1) is 22.3. The zero-order valence-electron chi connectivity index (χ0n) is 25.5. The lowest BCUT2D eigenvalue weighted by Crippen LogP contribution is -2.32. The third-order valence-electron chi connectivity index (χ3n) is 8.37. The van der Waals surface area contributed by atoms with E-state index < -0.39 is 20.7 Å². The Hall–Kier alpha value is -3.94. The summed E-state index contributed by atoms with van der Waals surface area (Å²) in [5.74, 6) is -0.0146. The van der Waals surface area contributed by atoms with Crippen LogP contribution in [0.2, 0.25) is 5.02 Å². The second kappa shape index (κ2) is 13.8. The van der Waals surface area contributed by atoms with Gasteiger partial charge in [-0.1, -0.05) is 11.6 Å². The number of hydrogen-bond donors (Lipinski definition) is 0. The highest BCUT2D eigenvalue weighted by Crippen LogP contribution is 2.40. The molecule has 1 saturated heterocycles. The van der Waals surface area contributed by atoms with Crippen molar-refractivity contribution in [1.82, 2.24) is 19.7 Å². The molecule has 11 nitrogen and oxygen atoms in total. The predicted molar refractivity (Wildman–Crippen MR) is 168 cm³/mol. The first kappa shape index (κ1) is 32.0. The van der Waals surface area contributed by atoms with Gasteiger partial charge >= 0.3 is 0 Å². The van der Waals surface area contributed by atoms with E-state index in [9.17, 15) is 8.42 Å². The van der Waals surface area contributed by atoms with Crippen LogP contribution in [0.1, 0.15) is 61.9 Å². The Kier molecular flexibility index (Phi) is 9.62. The summed E-state index contributed by atoms with van der Waals surface area (Å²) in [4.78, 5) is 7.41. The van der Waals surface area contributed by atoms with Crippen LogP contribution in [0, 0.1) is 5.82 Å². The van der Waals surface area contributed by atoms with Crippen LogP contribution >= 0.6 is 11.6 Å². The van der Waals surface area contributed by atoms with Gasteiger partial charge in [-0.2, -0.15) is 5.10 Å². The molecule has 0 bridgehead atoms. The summed E-state index contributed by atoms with van der Waals surface area (Å²) in [5.41, 5.74) is 1.38. The first-order valence-corrected chi connectivity index (χ1v) is 16.9. The van der Waals surface area contributed by atoms with Gasteiger partial charge < -0.3 is 18.9 Å². The van der Waals surface area contributed by atoms with Crippen molar-refractivity contribution < 1.29 is 31.8 Å². The fraction of sp³-hybridized carbons (Fsp3) is 0.406. The lowest BCUT2D eigenvalue weighted by molar-refractivity contribution is -0.0398. The summed E-state index contributed by atoms with van der Waals surface area (Å²) >= 11 is 6.61. The molecule has 1 unspecified atom stereocenters. The summed E-state index contributed by atoms with van der Waals surface area (Å²) in [6.45, 7) is 0.501. The van der Waals surface area contributed by atoms with Gasteiger partial charge in [0.15, 0.2) is 0 Å². The Morgan fingerprint density at radius 3 is 2.65 bits per heavy atom. The van der Waals surface area contributed by atoms with Gasteiger partial charge in [0.25, 0.3) is 10.0 Å². The van der Waals surface area contributed by atoms with E-state index in [1.54, 1.807) is 18.2 Å². The largest absolute Gasteiger partial charge is 0.497 e. The van der Waals surface area contributed by atoms with Crippen molar-refractivity contribution in [2.24, 2.45) is 0 Å². The number of ether oxygens (including phenoxy) is 4. The fourth-order valence-corrected chi connectivity index (χ4v) is 7.73. The molecule has 0 radical (unpaired) electrons. The fourth-order valence-electron chi connectivity index (χ4n) is 5.99. The Morgan fingerprint density at radius 1 is 1.04 bits per heavy atom. The minimum atomic E-state index is -4.54. The number of anilines is 1. The number of halogens is 2. The SMILES string of the molecule is COc1ccc(CN(c2ccncn2)S(=O)(=O)c2cc(Cl)c(O[C@H]3CCC[C@@H]3c3ccn(C4CCCCO4)n3)cc2F)c(OC)c1. The highest BCUT2D eigenvalue weighted by Gasteiger charge is 2.35. The molecule has 1 aliphatic heterocycles. The summed E-state index contributed by atoms with van der Waals surface area (Å²) in [6.07, 6.45) is 9.70. The summed E-state index contributed by atoms with van der Waals surface area (Å²) in [7, 11) is -1.56. The average molecular weight is 672 g/mol. The molecule has 2 aromatic carbocycles. The van der Waals surface area contributed by atoms with E-state index in [4.69, 9.17) is 35.6 Å². The van der Waals surface area contributed by atoms with Crippen LogP contribution in [0.5, 0.6) is 17.2 Å². The first-order valence-electron chi connectivity index (χ1n) is 15.1. The molecule has 46 heavy (non-hydrogen) atoms. The molecule has 1 aliphatic carbocycles. The summed E-state index contributed by atoms with van der Waals surface area (Å²) < 4.78 is 69.8. The molecule has 0 N–H and O–H groups in total. The van der Waals surface area contributed by atoms with E-state index >= 15 is 4.39 Å². The standard InChI is InChI=1S/C32H35ClFN5O6S/c1-42-22-10-9-21(28(16-22)43-2)19-39(31-11-13-35-20-36-31)46(40,41)30-17-24(33)29(18-25(30)34)45-27-7-5-6-23(27)26-12-14-38(37-26)32-8-3-4-15-44-32/h9-14,16-18,20,23,27,32H,3-8,15,19H2,1-2H3/t23-,27+,32?/m1/s1. The van der Waals surface area contributed by atoms with E-state index in [2.05, 4.69) is 9.97 Å². The lowest BCUT2D eigenvalue weighted by atomic mass is 10.0. The van der Waals surface area contributed by atoms with Gasteiger partial charge in [0.1, 0.15) is 52.4 Å². The summed E-state index contributed by atoms with van der Waals surface area (Å²) in [6, 6.07) is 10.5. The maximum Gasteiger partial charge on any atom is 0.268 e. The number of hydrogen-bond acceptors (Lipinski definition) is 9. The van der Waals surface area contributed by atoms with Gasteiger partial charge in [-0.15, -0.1) is 0 Å². The molecule has 14 heteroatoms. The van der Waals surface area contributed by atoms with Crippen molar-refractivity contribution >= 4 is 27.4 Å². The molecule has 244 valence electrons. The van der Waals surface area contributed by atoms with Crippen molar-refractivity contribution in [3.05, 3.63) is 83.3 Å². The third-order valence-corrected chi connectivity index (χ3v) is 10.4. The predicted octanol–water partition coefficient (Wildman–Crippen LogP) is 6.29. The highest BCUT2D eigenvalue weighted by atomic mass is 35.5. The van der Waals surface area contributed by atoms with Crippen LogP contribution < -0.4 is 18.5 Å². The molecule has 3 heterocycles. The van der Waals surface area contributed by atoms with Crippen LogP contribution in [0.15, 0.2) is 66.1 Å².